The minimum Gasteiger partial charge on any atom is -0.365 e. The van der Waals surface area contributed by atoms with Gasteiger partial charge in [0, 0.05) is 31.1 Å². The highest BCUT2D eigenvalue weighted by atomic mass is 32.1. The van der Waals surface area contributed by atoms with Crippen LogP contribution in [0.5, 0.6) is 0 Å². The maximum Gasteiger partial charge on any atom is 0.271 e. The summed E-state index contributed by atoms with van der Waals surface area (Å²) >= 11 is 1.53. The average Bonchev–Trinajstić information content (AvgIpc) is 3.45. The first-order chi connectivity index (χ1) is 14.0. The number of carbonyl (C=O) groups is 2. The lowest BCUT2D eigenvalue weighted by molar-refractivity contribution is -0.149. The van der Waals surface area contributed by atoms with Gasteiger partial charge in [-0.15, -0.1) is 11.3 Å². The van der Waals surface area contributed by atoms with Gasteiger partial charge in [0.05, 0.1) is 11.1 Å². The minimum absolute atomic E-state index is 0.0685. The largest absolute Gasteiger partial charge is 0.365 e. The van der Waals surface area contributed by atoms with E-state index in [9.17, 15) is 9.59 Å². The van der Waals surface area contributed by atoms with Crippen molar-refractivity contribution in [3.8, 4) is 0 Å². The van der Waals surface area contributed by atoms with Crippen LogP contribution < -0.4 is 5.32 Å². The predicted octanol–water partition coefficient (Wildman–Crippen LogP) is 1.84. The molecule has 1 N–H and O–H groups in total. The van der Waals surface area contributed by atoms with Crippen molar-refractivity contribution in [2.45, 2.75) is 45.6 Å². The van der Waals surface area contributed by atoms with E-state index in [1.54, 1.807) is 0 Å². The van der Waals surface area contributed by atoms with E-state index in [1.807, 2.05) is 18.7 Å². The first-order valence-corrected chi connectivity index (χ1v) is 11.6. The molecular formula is C21H32N4O3S. The van der Waals surface area contributed by atoms with Crippen molar-refractivity contribution in [2.24, 2.45) is 11.8 Å². The van der Waals surface area contributed by atoms with Crippen molar-refractivity contribution in [3.63, 3.8) is 0 Å². The number of aromatic nitrogens is 1. The highest BCUT2D eigenvalue weighted by molar-refractivity contribution is 7.11. The Morgan fingerprint density at radius 1 is 1.17 bits per heavy atom. The van der Waals surface area contributed by atoms with Crippen LogP contribution in [0.4, 0.5) is 0 Å². The van der Waals surface area contributed by atoms with Gasteiger partial charge in [0.1, 0.15) is 12.3 Å². The number of ether oxygens (including phenoxy) is 1. The van der Waals surface area contributed by atoms with Gasteiger partial charge < -0.3 is 19.9 Å². The lowest BCUT2D eigenvalue weighted by atomic mass is 9.95. The van der Waals surface area contributed by atoms with E-state index >= 15 is 0 Å². The first-order valence-electron chi connectivity index (χ1n) is 10.8. The minimum atomic E-state index is -0.165. The summed E-state index contributed by atoms with van der Waals surface area (Å²) in [5.74, 6) is 1.42. The molecule has 29 heavy (non-hydrogen) atoms. The zero-order chi connectivity index (χ0) is 20.4. The van der Waals surface area contributed by atoms with E-state index in [0.717, 1.165) is 35.4 Å². The number of nitrogens with one attached hydrogen (secondary N) is 1. The Bertz CT molecular complexity index is 740. The second-order valence-electron chi connectivity index (χ2n) is 8.77. The Morgan fingerprint density at radius 3 is 2.55 bits per heavy atom. The molecule has 3 aliphatic rings. The molecule has 0 spiro atoms. The summed E-state index contributed by atoms with van der Waals surface area (Å²) in [6, 6.07) is 0. The van der Waals surface area contributed by atoms with Gasteiger partial charge in [0.2, 0.25) is 5.91 Å². The van der Waals surface area contributed by atoms with Gasteiger partial charge >= 0.3 is 0 Å². The van der Waals surface area contributed by atoms with Crippen LogP contribution in [-0.4, -0.2) is 78.6 Å². The number of hydrogen-bond acceptors (Lipinski definition) is 6. The fourth-order valence-electron chi connectivity index (χ4n) is 4.34. The summed E-state index contributed by atoms with van der Waals surface area (Å²) in [6.07, 6.45) is 4.98. The molecule has 2 amide bonds. The number of thiazole rings is 1. The van der Waals surface area contributed by atoms with Gasteiger partial charge in [-0.2, -0.15) is 0 Å². The maximum absolute atomic E-state index is 12.4. The molecule has 1 atom stereocenters. The molecule has 2 saturated heterocycles. The van der Waals surface area contributed by atoms with Crippen LogP contribution in [0, 0.1) is 25.7 Å². The summed E-state index contributed by atoms with van der Waals surface area (Å²) in [5.41, 5.74) is 0.495. The zero-order valence-electron chi connectivity index (χ0n) is 17.5. The van der Waals surface area contributed by atoms with Gasteiger partial charge in [-0.1, -0.05) is 0 Å². The maximum atomic E-state index is 12.4. The Kier molecular flexibility index (Phi) is 6.51. The Hall–Kier alpha value is -1.51. The number of rotatable bonds is 7. The molecule has 8 heteroatoms. The molecule has 160 valence electrons. The standard InChI is InChI=1S/C21H32N4O3S/c1-14-20(23-15(2)29-14)21(27)22-9-18-12-25(19(26)13-28-18)11-17-5-7-24(8-6-17)10-16-3-4-16/h16-18H,3-13H2,1-2H3,(H,22,27)/t18-/m0/s1. The molecule has 1 aromatic rings. The SMILES string of the molecule is Cc1nc(C(=O)NC[C@H]2CN(CC3CCN(CC4CC4)CC3)C(=O)CO2)c(C)s1. The fourth-order valence-corrected chi connectivity index (χ4v) is 5.15. The summed E-state index contributed by atoms with van der Waals surface area (Å²) < 4.78 is 5.67. The van der Waals surface area contributed by atoms with Gasteiger partial charge in [-0.25, -0.2) is 4.98 Å². The van der Waals surface area contributed by atoms with Crippen LogP contribution in [0.2, 0.25) is 0 Å². The molecule has 1 saturated carbocycles. The van der Waals surface area contributed by atoms with Gasteiger partial charge in [-0.3, -0.25) is 9.59 Å². The van der Waals surface area contributed by atoms with Crippen LogP contribution in [-0.2, 0) is 9.53 Å². The molecule has 0 unspecified atom stereocenters. The second kappa shape index (κ2) is 9.10. The third-order valence-electron chi connectivity index (χ3n) is 6.23. The number of hydrogen-bond donors (Lipinski definition) is 1. The molecule has 7 nitrogen and oxygen atoms in total. The third-order valence-corrected chi connectivity index (χ3v) is 7.11. The van der Waals surface area contributed by atoms with Gasteiger partial charge in [0.25, 0.3) is 5.91 Å². The molecule has 2 aliphatic heterocycles. The topological polar surface area (TPSA) is 74.8 Å². The molecule has 1 aliphatic carbocycles. The molecule has 1 aromatic heterocycles. The Balaban J connectivity index is 1.22. The summed E-state index contributed by atoms with van der Waals surface area (Å²) in [5, 5.41) is 3.82. The lowest BCUT2D eigenvalue weighted by Gasteiger charge is -2.38. The second-order valence-corrected chi connectivity index (χ2v) is 10.2. The number of nitrogens with zero attached hydrogens (tertiary/aromatic N) is 3. The molecule has 4 rings (SSSR count). The number of morpholine rings is 1. The number of amides is 2. The van der Waals surface area contributed by atoms with Crippen LogP contribution in [0.3, 0.4) is 0 Å². The molecule has 0 bridgehead atoms. The Morgan fingerprint density at radius 2 is 1.90 bits per heavy atom. The number of carbonyl (C=O) groups excluding carboxylic acids is 2. The molecule has 3 fully saturated rings. The normalized spacial score (nSPS) is 24.1. The van der Waals surface area contributed by atoms with Crippen molar-refractivity contribution in [1.29, 1.82) is 0 Å². The number of aryl methyl sites for hydroxylation is 2. The number of likely N-dealkylation sites (tertiary alicyclic amines) is 1. The van der Waals surface area contributed by atoms with E-state index in [1.165, 1.54) is 43.6 Å². The lowest BCUT2D eigenvalue weighted by Crippen LogP contribution is -2.52. The van der Waals surface area contributed by atoms with E-state index < -0.39 is 0 Å². The predicted molar refractivity (Wildman–Crippen MR) is 112 cm³/mol. The van der Waals surface area contributed by atoms with Crippen LogP contribution in [0.15, 0.2) is 0 Å². The van der Waals surface area contributed by atoms with Crippen molar-refractivity contribution >= 4 is 23.2 Å². The van der Waals surface area contributed by atoms with Crippen molar-refractivity contribution in [3.05, 3.63) is 15.6 Å². The summed E-state index contributed by atoms with van der Waals surface area (Å²) in [4.78, 5) is 34.5. The smallest absolute Gasteiger partial charge is 0.271 e. The molecule has 3 heterocycles. The monoisotopic (exact) mass is 420 g/mol. The fraction of sp³-hybridized carbons (Fsp3) is 0.762. The van der Waals surface area contributed by atoms with Crippen molar-refractivity contribution in [1.82, 2.24) is 20.1 Å². The molecule has 0 aromatic carbocycles. The summed E-state index contributed by atoms with van der Waals surface area (Å²) in [6.45, 7) is 9.27. The highest BCUT2D eigenvalue weighted by Crippen LogP contribution is 2.31. The molecule has 0 radical (unpaired) electrons. The first kappa shape index (κ1) is 20.8. The quantitative estimate of drug-likeness (QED) is 0.729. The highest BCUT2D eigenvalue weighted by Gasteiger charge is 2.31. The van der Waals surface area contributed by atoms with Gasteiger partial charge in [0.15, 0.2) is 0 Å². The third kappa shape index (κ3) is 5.55. The van der Waals surface area contributed by atoms with Crippen LogP contribution >= 0.6 is 11.3 Å². The van der Waals surface area contributed by atoms with Gasteiger partial charge in [-0.05, 0) is 64.5 Å². The van der Waals surface area contributed by atoms with E-state index in [-0.39, 0.29) is 24.5 Å². The van der Waals surface area contributed by atoms with Crippen LogP contribution in [0.25, 0.3) is 0 Å². The van der Waals surface area contributed by atoms with E-state index in [0.29, 0.717) is 24.7 Å². The van der Waals surface area contributed by atoms with E-state index in [4.69, 9.17) is 4.74 Å². The van der Waals surface area contributed by atoms with Crippen molar-refractivity contribution in [2.75, 3.05) is 45.9 Å². The zero-order valence-corrected chi connectivity index (χ0v) is 18.3. The molecular weight excluding hydrogens is 388 g/mol. The summed E-state index contributed by atoms with van der Waals surface area (Å²) in [7, 11) is 0. The van der Waals surface area contributed by atoms with Crippen molar-refractivity contribution < 1.29 is 14.3 Å². The van der Waals surface area contributed by atoms with Crippen LogP contribution in [0.1, 0.15) is 46.1 Å². The average molecular weight is 421 g/mol. The Labute approximate surface area is 176 Å². The van der Waals surface area contributed by atoms with E-state index in [2.05, 4.69) is 15.2 Å². The number of piperidine rings is 1.